The first-order valence-electron chi connectivity index (χ1n) is 12.6. The normalized spacial score (nSPS) is 19.1. The number of carbonyl (C=O) groups excluding carboxylic acids is 1. The molecule has 2 fully saturated rings. The van der Waals surface area contributed by atoms with Crippen molar-refractivity contribution < 1.29 is 27.7 Å². The molecule has 1 aliphatic heterocycles. The van der Waals surface area contributed by atoms with E-state index in [4.69, 9.17) is 14.8 Å². The van der Waals surface area contributed by atoms with Gasteiger partial charge < -0.3 is 24.8 Å². The smallest absolute Gasteiger partial charge is 0.330 e. The Bertz CT molecular complexity index is 1100. The number of rotatable bonds is 13. The molecule has 2 aliphatic rings. The van der Waals surface area contributed by atoms with Gasteiger partial charge in [-0.3, -0.25) is 4.79 Å². The quantitative estimate of drug-likeness (QED) is 0.131. The minimum Gasteiger partial charge on any atom is -0.487 e. The highest BCUT2D eigenvalue weighted by atomic mass is 32.2. The number of sulfonamides is 1. The number of aliphatic hydroxyl groups is 1. The zero-order valence-electron chi connectivity index (χ0n) is 22.5. The maximum atomic E-state index is 13.1. The fraction of sp³-hybridized carbons (Fsp3) is 0.615. The Labute approximate surface area is 221 Å². The third-order valence-electron chi connectivity index (χ3n) is 7.44. The molecule has 1 aromatic carbocycles. The lowest BCUT2D eigenvalue weighted by atomic mass is 9.82. The third-order valence-corrected chi connectivity index (χ3v) is 9.29. The number of hydrogen-bond acceptors (Lipinski definition) is 8. The monoisotopic (exact) mass is 532 g/mol. The van der Waals surface area contributed by atoms with E-state index in [1.165, 1.54) is 4.31 Å². The highest BCUT2D eigenvalue weighted by molar-refractivity contribution is 7.88. The molecule has 1 saturated heterocycles. The number of ether oxygens (including phenoxy) is 1. The first-order valence-corrected chi connectivity index (χ1v) is 14.2. The van der Waals surface area contributed by atoms with Crippen molar-refractivity contribution in [2.24, 2.45) is 5.41 Å². The Morgan fingerprint density at radius 1 is 1.14 bits per heavy atom. The average molecular weight is 532 g/mol. The molecule has 1 heterocycles. The van der Waals surface area contributed by atoms with Crippen LogP contribution < -0.4 is 5.46 Å². The van der Waals surface area contributed by atoms with E-state index in [-0.39, 0.29) is 30.0 Å². The lowest BCUT2D eigenvalue weighted by molar-refractivity contribution is -0.108. The summed E-state index contributed by atoms with van der Waals surface area (Å²) in [5.41, 5.74) is 0.0854. The van der Waals surface area contributed by atoms with Gasteiger partial charge in [0, 0.05) is 37.8 Å². The first kappa shape index (κ1) is 29.4. The van der Waals surface area contributed by atoms with Crippen LogP contribution in [0.1, 0.15) is 53.0 Å². The van der Waals surface area contributed by atoms with Crippen LogP contribution >= 0.6 is 0 Å². The number of aldehydes is 1. The summed E-state index contributed by atoms with van der Waals surface area (Å²) >= 11 is 0. The van der Waals surface area contributed by atoms with Crippen molar-refractivity contribution in [1.82, 2.24) is 9.21 Å². The second kappa shape index (κ2) is 11.3. The van der Waals surface area contributed by atoms with Gasteiger partial charge in [-0.2, -0.15) is 4.31 Å². The molecule has 37 heavy (non-hydrogen) atoms. The van der Waals surface area contributed by atoms with Crippen LogP contribution in [0.25, 0.3) is 0 Å². The van der Waals surface area contributed by atoms with E-state index in [2.05, 4.69) is 6.92 Å². The second-order valence-electron chi connectivity index (χ2n) is 11.3. The van der Waals surface area contributed by atoms with Crippen LogP contribution in [0.2, 0.25) is 0 Å². The topological polar surface area (TPSA) is 120 Å². The van der Waals surface area contributed by atoms with E-state index in [0.717, 1.165) is 24.5 Å². The standard InChI is InChI=1S/C26H39BN3O6S/c1-24(2,32)25(3,4)36-27-21-8-6-20(7-9-21)18-37(33,34)30-14-12-29(13-15-30)22(16-28)23(17-31)35-19-26(5)10-11-26/h6-9,16-17,28,32H,10-15,18-19H2,1-5H3/b23-22-,28-16?. The number of carbonyl (C=O) groups is 1. The number of nitrogens with zero attached hydrogens (tertiary/aromatic N) is 2. The molecular formula is C26H39BN3O6S. The van der Waals surface area contributed by atoms with E-state index in [1.807, 2.05) is 4.90 Å². The van der Waals surface area contributed by atoms with Crippen LogP contribution in [-0.4, -0.2) is 86.7 Å². The minimum absolute atomic E-state index is 0.102. The summed E-state index contributed by atoms with van der Waals surface area (Å²) < 4.78 is 39.1. The fourth-order valence-corrected chi connectivity index (χ4v) is 5.17. The highest BCUT2D eigenvalue weighted by Crippen LogP contribution is 2.45. The van der Waals surface area contributed by atoms with Crippen molar-refractivity contribution >= 4 is 35.5 Å². The van der Waals surface area contributed by atoms with Crippen molar-refractivity contribution in [2.75, 3.05) is 32.8 Å². The molecule has 0 spiro atoms. The van der Waals surface area contributed by atoms with Crippen molar-refractivity contribution in [2.45, 2.75) is 64.4 Å². The molecule has 1 aliphatic carbocycles. The van der Waals surface area contributed by atoms with Crippen LogP contribution in [-0.2, 0) is 30.0 Å². The number of allylic oxidation sites excluding steroid dienone is 2. The Morgan fingerprint density at radius 2 is 1.73 bits per heavy atom. The summed E-state index contributed by atoms with van der Waals surface area (Å²) in [5, 5.41) is 18.0. The third kappa shape index (κ3) is 7.66. The minimum atomic E-state index is -3.55. The van der Waals surface area contributed by atoms with Gasteiger partial charge in [-0.15, -0.1) is 0 Å². The second-order valence-corrected chi connectivity index (χ2v) is 13.3. The van der Waals surface area contributed by atoms with Crippen LogP contribution in [0.3, 0.4) is 0 Å². The average Bonchev–Trinajstić information content (AvgIpc) is 3.57. The molecule has 11 heteroatoms. The van der Waals surface area contributed by atoms with Crippen LogP contribution in [0.5, 0.6) is 0 Å². The van der Waals surface area contributed by atoms with Crippen molar-refractivity contribution in [3.05, 3.63) is 41.3 Å². The number of nitrogens with one attached hydrogen (secondary N) is 1. The SMILES string of the molecule is CC1(CO/C(C=O)=C(/C=N)N2CCN(S(=O)(=O)Cc3ccc([B]OC(C)(C)C(C)(C)O)cc3)CC2)CC1. The summed E-state index contributed by atoms with van der Waals surface area (Å²) in [6.07, 6.45) is 3.86. The molecule has 1 saturated carbocycles. The highest BCUT2D eigenvalue weighted by Gasteiger charge is 2.39. The van der Waals surface area contributed by atoms with E-state index >= 15 is 0 Å². The number of benzene rings is 1. The Hall–Kier alpha value is -2.21. The van der Waals surface area contributed by atoms with E-state index in [0.29, 0.717) is 37.2 Å². The summed E-state index contributed by atoms with van der Waals surface area (Å²) in [7, 11) is -1.99. The van der Waals surface area contributed by atoms with E-state index in [9.17, 15) is 18.3 Å². The van der Waals surface area contributed by atoms with Gasteiger partial charge in [0.15, 0.2) is 12.0 Å². The molecule has 9 nitrogen and oxygen atoms in total. The van der Waals surface area contributed by atoms with Gasteiger partial charge in [0.1, 0.15) is 5.70 Å². The first-order chi connectivity index (χ1) is 17.2. The Balaban J connectivity index is 1.56. The maximum Gasteiger partial charge on any atom is 0.330 e. The summed E-state index contributed by atoms with van der Waals surface area (Å²) in [5.74, 6) is 0.00365. The fourth-order valence-electron chi connectivity index (χ4n) is 3.66. The molecule has 2 N–H and O–H groups in total. The zero-order valence-corrected chi connectivity index (χ0v) is 23.3. The molecule has 0 unspecified atom stereocenters. The lowest BCUT2D eigenvalue weighted by Gasteiger charge is -2.37. The van der Waals surface area contributed by atoms with E-state index in [1.54, 1.807) is 59.4 Å². The molecule has 0 amide bonds. The Morgan fingerprint density at radius 3 is 2.22 bits per heavy atom. The molecule has 1 radical (unpaired) electrons. The molecule has 0 aromatic heterocycles. The van der Waals surface area contributed by atoms with Gasteiger partial charge in [0.25, 0.3) is 0 Å². The molecule has 203 valence electrons. The maximum absolute atomic E-state index is 13.1. The van der Waals surface area contributed by atoms with Gasteiger partial charge in [0.2, 0.25) is 10.0 Å². The molecule has 0 atom stereocenters. The summed E-state index contributed by atoms with van der Waals surface area (Å²) in [6, 6.07) is 7.08. The van der Waals surface area contributed by atoms with Crippen LogP contribution in [0.4, 0.5) is 0 Å². The molecule has 1 aromatic rings. The van der Waals surface area contributed by atoms with Crippen molar-refractivity contribution in [1.29, 1.82) is 5.41 Å². The Kier molecular flexibility index (Phi) is 8.94. The zero-order chi connectivity index (χ0) is 27.5. The molecular weight excluding hydrogens is 493 g/mol. The number of hydrogen-bond donors (Lipinski definition) is 2. The van der Waals surface area contributed by atoms with Gasteiger partial charge in [-0.25, -0.2) is 8.42 Å². The summed E-state index contributed by atoms with van der Waals surface area (Å²) in [4.78, 5) is 13.5. The van der Waals surface area contributed by atoms with Crippen molar-refractivity contribution in [3.63, 3.8) is 0 Å². The molecule has 0 bridgehead atoms. The van der Waals surface area contributed by atoms with E-state index < -0.39 is 21.2 Å². The van der Waals surface area contributed by atoms with Gasteiger partial charge in [-0.1, -0.05) is 36.7 Å². The lowest BCUT2D eigenvalue weighted by Crippen LogP contribution is -2.49. The van der Waals surface area contributed by atoms with Crippen LogP contribution in [0, 0.1) is 10.8 Å². The summed E-state index contributed by atoms with van der Waals surface area (Å²) in [6.45, 7) is 10.7. The van der Waals surface area contributed by atoms with Crippen LogP contribution in [0.15, 0.2) is 35.7 Å². The van der Waals surface area contributed by atoms with Gasteiger partial charge >= 0.3 is 7.48 Å². The largest absolute Gasteiger partial charge is 0.487 e. The van der Waals surface area contributed by atoms with Gasteiger partial charge in [0.05, 0.1) is 23.6 Å². The predicted molar refractivity (Wildman–Crippen MR) is 144 cm³/mol. The van der Waals surface area contributed by atoms with Crippen molar-refractivity contribution in [3.8, 4) is 0 Å². The number of piperazine rings is 1. The predicted octanol–water partition coefficient (Wildman–Crippen LogP) is 1.82. The van der Waals surface area contributed by atoms with Gasteiger partial charge in [-0.05, 0) is 46.1 Å². The molecule has 3 rings (SSSR count).